The van der Waals surface area contributed by atoms with Crippen molar-refractivity contribution in [2.75, 3.05) is 0 Å². The molecule has 4 nitrogen and oxygen atoms in total. The lowest BCUT2D eigenvalue weighted by Gasteiger charge is -2.05. The summed E-state index contributed by atoms with van der Waals surface area (Å²) in [5, 5.41) is 8.20. The number of nitrogens with zero attached hydrogens (tertiary/aromatic N) is 2. The predicted molar refractivity (Wildman–Crippen MR) is 87.3 cm³/mol. The molecule has 0 radical (unpaired) electrons. The molecular formula is C19H18N2O2. The maximum atomic E-state index is 5.80. The zero-order chi connectivity index (χ0) is 15.6. The highest BCUT2D eigenvalue weighted by atomic mass is 16.5. The first-order chi connectivity index (χ1) is 11.3. The number of ether oxygens (including phenoxy) is 1. The van der Waals surface area contributed by atoms with Gasteiger partial charge in [-0.1, -0.05) is 24.3 Å². The van der Waals surface area contributed by atoms with E-state index in [1.54, 1.807) is 0 Å². The lowest BCUT2D eigenvalue weighted by molar-refractivity contribution is 0.264. The quantitative estimate of drug-likeness (QED) is 0.727. The van der Waals surface area contributed by atoms with Gasteiger partial charge in [0.2, 0.25) is 5.89 Å². The summed E-state index contributed by atoms with van der Waals surface area (Å²) < 4.78 is 11.5. The van der Waals surface area contributed by atoms with Crippen LogP contribution in [0.5, 0.6) is 5.75 Å². The van der Waals surface area contributed by atoms with Crippen LogP contribution in [0.15, 0.2) is 46.9 Å². The number of hydrogen-bond donors (Lipinski definition) is 0. The second-order valence-electron chi connectivity index (χ2n) is 5.89. The van der Waals surface area contributed by atoms with Crippen LogP contribution in [0, 0.1) is 6.92 Å². The Morgan fingerprint density at radius 1 is 1.04 bits per heavy atom. The topological polar surface area (TPSA) is 48.2 Å². The molecule has 0 atom stereocenters. The second kappa shape index (κ2) is 5.88. The zero-order valence-corrected chi connectivity index (χ0v) is 13.1. The molecule has 4 rings (SSSR count). The Hall–Kier alpha value is -2.62. The average molecular weight is 306 g/mol. The van der Waals surface area contributed by atoms with Crippen LogP contribution < -0.4 is 4.74 Å². The molecule has 1 aromatic heterocycles. The van der Waals surface area contributed by atoms with Crippen molar-refractivity contribution in [1.29, 1.82) is 0 Å². The number of hydrogen-bond acceptors (Lipinski definition) is 4. The van der Waals surface area contributed by atoms with Gasteiger partial charge >= 0.3 is 0 Å². The van der Waals surface area contributed by atoms with Gasteiger partial charge in [-0.25, -0.2) is 0 Å². The molecule has 23 heavy (non-hydrogen) atoms. The predicted octanol–water partition coefficient (Wildman–Crippen LogP) is 4.11. The van der Waals surface area contributed by atoms with E-state index >= 15 is 0 Å². The lowest BCUT2D eigenvalue weighted by Crippen LogP contribution is -1.96. The van der Waals surface area contributed by atoms with Gasteiger partial charge in [0.25, 0.3) is 5.89 Å². The Bertz CT molecular complexity index is 839. The molecule has 0 N–H and O–H groups in total. The first-order valence-corrected chi connectivity index (χ1v) is 7.92. The SMILES string of the molecule is Cc1ccccc1-c1nnc(COc2ccc3c(c2)CCC3)o1. The normalized spacial score (nSPS) is 13.1. The first kappa shape index (κ1) is 14.0. The third kappa shape index (κ3) is 2.84. The van der Waals surface area contributed by atoms with Gasteiger partial charge in [-0.05, 0) is 61.1 Å². The maximum Gasteiger partial charge on any atom is 0.254 e. The van der Waals surface area contributed by atoms with E-state index in [9.17, 15) is 0 Å². The summed E-state index contributed by atoms with van der Waals surface area (Å²) in [6, 6.07) is 14.3. The van der Waals surface area contributed by atoms with Crippen molar-refractivity contribution in [3.63, 3.8) is 0 Å². The molecule has 116 valence electrons. The number of fused-ring (bicyclic) bond motifs is 1. The largest absolute Gasteiger partial charge is 0.484 e. The molecular weight excluding hydrogens is 288 g/mol. The molecule has 0 unspecified atom stereocenters. The van der Waals surface area contributed by atoms with Gasteiger partial charge < -0.3 is 9.15 Å². The van der Waals surface area contributed by atoms with Crippen molar-refractivity contribution in [3.8, 4) is 17.2 Å². The molecule has 1 heterocycles. The molecule has 0 aliphatic heterocycles. The minimum Gasteiger partial charge on any atom is -0.484 e. The number of rotatable bonds is 4. The van der Waals surface area contributed by atoms with E-state index in [2.05, 4.69) is 22.3 Å². The van der Waals surface area contributed by atoms with Crippen molar-refractivity contribution in [3.05, 3.63) is 65.0 Å². The van der Waals surface area contributed by atoms with E-state index in [1.165, 1.54) is 24.0 Å². The monoisotopic (exact) mass is 306 g/mol. The molecule has 4 heteroatoms. The maximum absolute atomic E-state index is 5.80. The summed E-state index contributed by atoms with van der Waals surface area (Å²) in [6.07, 6.45) is 3.56. The molecule has 0 amide bonds. The fourth-order valence-electron chi connectivity index (χ4n) is 3.02. The van der Waals surface area contributed by atoms with Gasteiger partial charge in [-0.3, -0.25) is 0 Å². The van der Waals surface area contributed by atoms with E-state index in [0.29, 0.717) is 11.8 Å². The Balaban J connectivity index is 1.47. The molecule has 0 fully saturated rings. The van der Waals surface area contributed by atoms with Crippen molar-refractivity contribution >= 4 is 0 Å². The molecule has 0 bridgehead atoms. The summed E-state index contributed by atoms with van der Waals surface area (Å²) in [6.45, 7) is 2.32. The van der Waals surface area contributed by atoms with Crippen molar-refractivity contribution < 1.29 is 9.15 Å². The minimum atomic E-state index is 0.289. The van der Waals surface area contributed by atoms with E-state index in [1.807, 2.05) is 37.3 Å². The van der Waals surface area contributed by atoms with Crippen LogP contribution >= 0.6 is 0 Å². The van der Waals surface area contributed by atoms with Crippen LogP contribution in [0.2, 0.25) is 0 Å². The summed E-state index contributed by atoms with van der Waals surface area (Å²) >= 11 is 0. The lowest BCUT2D eigenvalue weighted by atomic mass is 10.1. The van der Waals surface area contributed by atoms with E-state index in [-0.39, 0.29) is 6.61 Å². The Kier molecular flexibility index (Phi) is 3.58. The van der Waals surface area contributed by atoms with E-state index in [4.69, 9.17) is 9.15 Å². The van der Waals surface area contributed by atoms with Gasteiger partial charge in [0.05, 0.1) is 0 Å². The molecule has 0 saturated carbocycles. The van der Waals surface area contributed by atoms with Crippen LogP contribution in [-0.2, 0) is 19.4 Å². The molecule has 1 aliphatic carbocycles. The molecule has 0 saturated heterocycles. The number of aryl methyl sites for hydroxylation is 3. The molecule has 1 aliphatic rings. The molecule has 2 aromatic carbocycles. The summed E-state index contributed by atoms with van der Waals surface area (Å²) in [7, 11) is 0. The second-order valence-corrected chi connectivity index (χ2v) is 5.89. The average Bonchev–Trinajstić information content (AvgIpc) is 3.22. The summed E-state index contributed by atoms with van der Waals surface area (Å²) in [4.78, 5) is 0. The Labute approximate surface area is 135 Å². The first-order valence-electron chi connectivity index (χ1n) is 7.92. The van der Waals surface area contributed by atoms with Crippen molar-refractivity contribution in [2.45, 2.75) is 32.8 Å². The van der Waals surface area contributed by atoms with Gasteiger partial charge in [-0.2, -0.15) is 0 Å². The highest BCUT2D eigenvalue weighted by Gasteiger charge is 2.13. The van der Waals surface area contributed by atoms with Crippen LogP contribution in [0.4, 0.5) is 0 Å². The fraction of sp³-hybridized carbons (Fsp3) is 0.263. The van der Waals surface area contributed by atoms with E-state index in [0.717, 1.165) is 23.3 Å². The number of aromatic nitrogens is 2. The molecule has 3 aromatic rings. The zero-order valence-electron chi connectivity index (χ0n) is 13.1. The van der Waals surface area contributed by atoms with Crippen LogP contribution in [0.25, 0.3) is 11.5 Å². The van der Waals surface area contributed by atoms with Crippen molar-refractivity contribution in [1.82, 2.24) is 10.2 Å². The van der Waals surface area contributed by atoms with Gasteiger partial charge in [0.15, 0.2) is 6.61 Å². The highest BCUT2D eigenvalue weighted by Crippen LogP contribution is 2.27. The third-order valence-corrected chi connectivity index (χ3v) is 4.27. The van der Waals surface area contributed by atoms with Crippen molar-refractivity contribution in [2.24, 2.45) is 0 Å². The molecule has 0 spiro atoms. The van der Waals surface area contributed by atoms with Gasteiger partial charge in [-0.15, -0.1) is 10.2 Å². The third-order valence-electron chi connectivity index (χ3n) is 4.27. The fourth-order valence-corrected chi connectivity index (χ4v) is 3.02. The number of benzene rings is 2. The van der Waals surface area contributed by atoms with Crippen LogP contribution in [0.1, 0.15) is 29.0 Å². The van der Waals surface area contributed by atoms with Gasteiger partial charge in [0, 0.05) is 5.56 Å². The highest BCUT2D eigenvalue weighted by molar-refractivity contribution is 5.57. The summed E-state index contributed by atoms with van der Waals surface area (Å²) in [5.41, 5.74) is 4.91. The Morgan fingerprint density at radius 3 is 2.83 bits per heavy atom. The van der Waals surface area contributed by atoms with Crippen LogP contribution in [0.3, 0.4) is 0 Å². The van der Waals surface area contributed by atoms with Crippen LogP contribution in [-0.4, -0.2) is 10.2 Å². The van der Waals surface area contributed by atoms with Gasteiger partial charge in [0.1, 0.15) is 5.75 Å². The Morgan fingerprint density at radius 2 is 1.91 bits per heavy atom. The smallest absolute Gasteiger partial charge is 0.254 e. The van der Waals surface area contributed by atoms with E-state index < -0.39 is 0 Å². The minimum absolute atomic E-state index is 0.289. The standard InChI is InChI=1S/C19H18N2O2/c1-13-5-2-3-8-17(13)19-21-20-18(23-19)12-22-16-10-9-14-6-4-7-15(14)11-16/h2-3,5,8-11H,4,6-7,12H2,1H3. The summed E-state index contributed by atoms with van der Waals surface area (Å²) in [5.74, 6) is 1.89.